The molecule has 1 aromatic carbocycles. The molecule has 2 fully saturated rings. The van der Waals surface area contributed by atoms with E-state index in [2.05, 4.69) is 0 Å². The van der Waals surface area contributed by atoms with Gasteiger partial charge in [-0.25, -0.2) is 0 Å². The molecule has 0 radical (unpaired) electrons. The van der Waals surface area contributed by atoms with Crippen molar-refractivity contribution in [2.45, 2.75) is 37.9 Å². The van der Waals surface area contributed by atoms with Gasteiger partial charge < -0.3 is 14.4 Å². The zero-order valence-corrected chi connectivity index (χ0v) is 13.4. The molecule has 1 aromatic rings. The first-order valence-electron chi connectivity index (χ1n) is 7.99. The zero-order valence-electron chi connectivity index (χ0n) is 12.7. The fourth-order valence-electron chi connectivity index (χ4n) is 3.11. The maximum Gasteiger partial charge on any atom is 0.222 e. The van der Waals surface area contributed by atoms with Crippen LogP contribution in [0.25, 0.3) is 0 Å². The summed E-state index contributed by atoms with van der Waals surface area (Å²) in [4.78, 5) is 14.3. The van der Waals surface area contributed by atoms with Gasteiger partial charge >= 0.3 is 0 Å². The molecule has 2 atom stereocenters. The number of hydrogen-bond donors (Lipinski definition) is 0. The predicted octanol–water partition coefficient (Wildman–Crippen LogP) is 3.20. The largest absolute Gasteiger partial charge is 0.378 e. The molecule has 1 amide bonds. The van der Waals surface area contributed by atoms with Crippen molar-refractivity contribution in [1.82, 2.24) is 4.90 Å². The Kier molecular flexibility index (Phi) is 5.34. The summed E-state index contributed by atoms with van der Waals surface area (Å²) in [6, 6.07) is 7.67. The normalized spacial score (nSPS) is 25.4. The van der Waals surface area contributed by atoms with E-state index < -0.39 is 0 Å². The van der Waals surface area contributed by atoms with Crippen LogP contribution >= 0.6 is 11.6 Å². The Morgan fingerprint density at radius 2 is 2.14 bits per heavy atom. The summed E-state index contributed by atoms with van der Waals surface area (Å²) in [5.41, 5.74) is 0.959. The fourth-order valence-corrected chi connectivity index (χ4v) is 3.37. The molecular formula is C17H22ClNO3. The van der Waals surface area contributed by atoms with Crippen molar-refractivity contribution in [3.05, 3.63) is 34.9 Å². The van der Waals surface area contributed by atoms with Crippen molar-refractivity contribution in [3.63, 3.8) is 0 Å². The highest BCUT2D eigenvalue weighted by atomic mass is 35.5. The van der Waals surface area contributed by atoms with Gasteiger partial charge in [0.1, 0.15) is 6.10 Å². The Morgan fingerprint density at radius 1 is 1.27 bits per heavy atom. The van der Waals surface area contributed by atoms with Crippen LogP contribution in [0, 0.1) is 0 Å². The summed E-state index contributed by atoms with van der Waals surface area (Å²) < 4.78 is 11.4. The molecule has 0 aliphatic carbocycles. The van der Waals surface area contributed by atoms with Gasteiger partial charge in [0.15, 0.2) is 0 Å². The summed E-state index contributed by atoms with van der Waals surface area (Å²) in [5.74, 6) is 0.191. The lowest BCUT2D eigenvalue weighted by Gasteiger charge is -2.33. The molecular weight excluding hydrogens is 302 g/mol. The number of morpholine rings is 1. The van der Waals surface area contributed by atoms with Crippen molar-refractivity contribution in [1.29, 1.82) is 0 Å². The number of carbonyl (C=O) groups excluding carboxylic acids is 1. The van der Waals surface area contributed by atoms with Gasteiger partial charge in [0.05, 0.1) is 19.3 Å². The van der Waals surface area contributed by atoms with Crippen LogP contribution in [0.15, 0.2) is 24.3 Å². The van der Waals surface area contributed by atoms with E-state index in [1.807, 2.05) is 29.2 Å². The summed E-state index contributed by atoms with van der Waals surface area (Å²) in [6.45, 7) is 2.63. The number of rotatable bonds is 4. The Morgan fingerprint density at radius 3 is 2.91 bits per heavy atom. The minimum atomic E-state index is -0.130. The van der Waals surface area contributed by atoms with E-state index in [0.717, 1.165) is 31.4 Å². The van der Waals surface area contributed by atoms with Crippen LogP contribution in [-0.4, -0.2) is 43.2 Å². The van der Waals surface area contributed by atoms with Gasteiger partial charge in [0.25, 0.3) is 0 Å². The summed E-state index contributed by atoms with van der Waals surface area (Å²) >= 11 is 6.23. The van der Waals surface area contributed by atoms with Crippen LogP contribution in [0.2, 0.25) is 5.02 Å². The van der Waals surface area contributed by atoms with Crippen LogP contribution in [0.5, 0.6) is 0 Å². The first kappa shape index (κ1) is 15.8. The Labute approximate surface area is 136 Å². The number of hydrogen-bond acceptors (Lipinski definition) is 3. The van der Waals surface area contributed by atoms with Crippen LogP contribution in [0.1, 0.15) is 37.4 Å². The van der Waals surface area contributed by atoms with Crippen molar-refractivity contribution in [2.75, 3.05) is 26.3 Å². The summed E-state index contributed by atoms with van der Waals surface area (Å²) in [5, 5.41) is 0.696. The van der Waals surface area contributed by atoms with Gasteiger partial charge in [-0.2, -0.15) is 0 Å². The molecule has 2 aliphatic rings. The van der Waals surface area contributed by atoms with Crippen molar-refractivity contribution in [3.8, 4) is 0 Å². The minimum absolute atomic E-state index is 0.130. The number of halogens is 1. The molecule has 120 valence electrons. The summed E-state index contributed by atoms with van der Waals surface area (Å²) in [6.07, 6.45) is 3.72. The second-order valence-corrected chi connectivity index (χ2v) is 6.30. The topological polar surface area (TPSA) is 38.8 Å². The zero-order chi connectivity index (χ0) is 15.4. The maximum atomic E-state index is 12.4. The fraction of sp³-hybridized carbons (Fsp3) is 0.588. The molecule has 4 nitrogen and oxygen atoms in total. The highest BCUT2D eigenvalue weighted by molar-refractivity contribution is 6.31. The molecule has 0 bridgehead atoms. The SMILES string of the molecule is O=C(CC[C@@H]1CCCO1)N1CCO[C@H](c2ccccc2Cl)C1. The van der Waals surface area contributed by atoms with Gasteiger partial charge in [-0.3, -0.25) is 4.79 Å². The third kappa shape index (κ3) is 3.80. The van der Waals surface area contributed by atoms with E-state index >= 15 is 0 Å². The molecule has 0 saturated carbocycles. The average molecular weight is 324 g/mol. The third-order valence-corrected chi connectivity index (χ3v) is 4.72. The van der Waals surface area contributed by atoms with E-state index in [4.69, 9.17) is 21.1 Å². The van der Waals surface area contributed by atoms with Crippen molar-refractivity contribution in [2.24, 2.45) is 0 Å². The highest BCUT2D eigenvalue weighted by Gasteiger charge is 2.27. The van der Waals surface area contributed by atoms with Crippen LogP contribution in [-0.2, 0) is 14.3 Å². The van der Waals surface area contributed by atoms with Gasteiger partial charge in [-0.1, -0.05) is 29.8 Å². The highest BCUT2D eigenvalue weighted by Crippen LogP contribution is 2.28. The maximum absolute atomic E-state index is 12.4. The first-order valence-corrected chi connectivity index (χ1v) is 8.37. The van der Waals surface area contributed by atoms with Crippen molar-refractivity contribution < 1.29 is 14.3 Å². The number of ether oxygens (including phenoxy) is 2. The molecule has 0 spiro atoms. The van der Waals surface area contributed by atoms with Gasteiger partial charge in [-0.15, -0.1) is 0 Å². The Balaban J connectivity index is 1.55. The number of amides is 1. The third-order valence-electron chi connectivity index (χ3n) is 4.38. The van der Waals surface area contributed by atoms with Crippen LogP contribution in [0.4, 0.5) is 0 Å². The molecule has 5 heteroatoms. The lowest BCUT2D eigenvalue weighted by Crippen LogP contribution is -2.42. The van der Waals surface area contributed by atoms with Gasteiger partial charge in [0, 0.05) is 30.2 Å². The van der Waals surface area contributed by atoms with E-state index in [9.17, 15) is 4.79 Å². The molecule has 2 heterocycles. The van der Waals surface area contributed by atoms with E-state index in [0.29, 0.717) is 31.1 Å². The molecule has 22 heavy (non-hydrogen) atoms. The predicted molar refractivity (Wildman–Crippen MR) is 84.9 cm³/mol. The molecule has 0 aromatic heterocycles. The molecule has 2 aliphatic heterocycles. The summed E-state index contributed by atoms with van der Waals surface area (Å²) in [7, 11) is 0. The number of carbonyl (C=O) groups is 1. The Hall–Kier alpha value is -1.10. The lowest BCUT2D eigenvalue weighted by atomic mass is 10.1. The monoisotopic (exact) mass is 323 g/mol. The van der Waals surface area contributed by atoms with E-state index in [-0.39, 0.29) is 18.1 Å². The Bertz CT molecular complexity index is 516. The van der Waals surface area contributed by atoms with E-state index in [1.165, 1.54) is 0 Å². The van der Waals surface area contributed by atoms with Crippen LogP contribution in [0.3, 0.4) is 0 Å². The second kappa shape index (κ2) is 7.44. The quantitative estimate of drug-likeness (QED) is 0.854. The second-order valence-electron chi connectivity index (χ2n) is 5.89. The van der Waals surface area contributed by atoms with Gasteiger partial charge in [-0.05, 0) is 25.3 Å². The standard InChI is InChI=1S/C17H22ClNO3/c18-15-6-2-1-5-14(15)16-12-19(9-11-22-16)17(20)8-7-13-4-3-10-21-13/h1-2,5-6,13,16H,3-4,7-12H2/t13-,16-/m0/s1. The lowest BCUT2D eigenvalue weighted by molar-refractivity contribution is -0.139. The molecule has 0 N–H and O–H groups in total. The number of benzene rings is 1. The average Bonchev–Trinajstić information content (AvgIpc) is 3.06. The number of nitrogens with zero attached hydrogens (tertiary/aromatic N) is 1. The van der Waals surface area contributed by atoms with Crippen molar-refractivity contribution >= 4 is 17.5 Å². The molecule has 3 rings (SSSR count). The van der Waals surface area contributed by atoms with Crippen LogP contribution < -0.4 is 0 Å². The molecule has 0 unspecified atom stereocenters. The molecule has 2 saturated heterocycles. The van der Waals surface area contributed by atoms with Gasteiger partial charge in [0.2, 0.25) is 5.91 Å². The van der Waals surface area contributed by atoms with E-state index in [1.54, 1.807) is 0 Å². The first-order chi connectivity index (χ1) is 10.7. The smallest absolute Gasteiger partial charge is 0.222 e. The minimum Gasteiger partial charge on any atom is -0.378 e.